The Morgan fingerprint density at radius 1 is 1.05 bits per heavy atom. The fourth-order valence-corrected chi connectivity index (χ4v) is 2.04. The van der Waals surface area contributed by atoms with E-state index in [1.807, 2.05) is 20.0 Å². The van der Waals surface area contributed by atoms with Gasteiger partial charge in [-0.05, 0) is 39.9 Å². The van der Waals surface area contributed by atoms with Gasteiger partial charge in [-0.1, -0.05) is 29.8 Å². The first-order valence-electron chi connectivity index (χ1n) is 6.75. The summed E-state index contributed by atoms with van der Waals surface area (Å²) in [6.45, 7) is 5.12. The maximum atomic E-state index is 4.67. The lowest BCUT2D eigenvalue weighted by atomic mass is 10.1. The molecule has 0 saturated carbocycles. The molecule has 0 bridgehead atoms. The van der Waals surface area contributed by atoms with E-state index >= 15 is 0 Å². The summed E-state index contributed by atoms with van der Waals surface area (Å²) >= 11 is 0. The van der Waals surface area contributed by atoms with Crippen molar-refractivity contribution >= 4 is 0 Å². The summed E-state index contributed by atoms with van der Waals surface area (Å²) in [4.78, 5) is 9.18. The highest BCUT2D eigenvalue weighted by Crippen LogP contribution is 2.18. The van der Waals surface area contributed by atoms with Crippen LogP contribution in [-0.2, 0) is 6.42 Å². The van der Waals surface area contributed by atoms with Gasteiger partial charge in [-0.25, -0.2) is 9.97 Å². The summed E-state index contributed by atoms with van der Waals surface area (Å²) in [6, 6.07) is 10.5. The molecule has 0 spiro atoms. The standard InChI is InChI=1S/C16H21N3/c1-12-6-8-14(9-7-12)15-11-13(2)18-16(19-15)5-4-10-17-3/h6-9,11,17H,4-5,10H2,1-3H3. The van der Waals surface area contributed by atoms with E-state index < -0.39 is 0 Å². The van der Waals surface area contributed by atoms with Crippen molar-refractivity contribution in [3.8, 4) is 11.3 Å². The van der Waals surface area contributed by atoms with E-state index in [0.29, 0.717) is 0 Å². The highest BCUT2D eigenvalue weighted by atomic mass is 14.9. The predicted molar refractivity (Wildman–Crippen MR) is 79.2 cm³/mol. The van der Waals surface area contributed by atoms with Crippen molar-refractivity contribution in [2.24, 2.45) is 0 Å². The van der Waals surface area contributed by atoms with Gasteiger partial charge in [0.25, 0.3) is 0 Å². The van der Waals surface area contributed by atoms with Crippen molar-refractivity contribution in [1.82, 2.24) is 15.3 Å². The van der Waals surface area contributed by atoms with Gasteiger partial charge in [0.15, 0.2) is 0 Å². The van der Waals surface area contributed by atoms with Gasteiger partial charge < -0.3 is 5.32 Å². The average molecular weight is 255 g/mol. The van der Waals surface area contributed by atoms with Crippen LogP contribution in [0.2, 0.25) is 0 Å². The third kappa shape index (κ3) is 3.86. The van der Waals surface area contributed by atoms with Crippen molar-refractivity contribution < 1.29 is 0 Å². The van der Waals surface area contributed by atoms with E-state index in [1.165, 1.54) is 5.56 Å². The molecule has 1 heterocycles. The molecular weight excluding hydrogens is 234 g/mol. The molecule has 2 aromatic rings. The highest BCUT2D eigenvalue weighted by Gasteiger charge is 2.04. The summed E-state index contributed by atoms with van der Waals surface area (Å²) in [7, 11) is 1.97. The molecule has 0 aliphatic carbocycles. The van der Waals surface area contributed by atoms with Crippen LogP contribution >= 0.6 is 0 Å². The van der Waals surface area contributed by atoms with Gasteiger partial charge in [-0.3, -0.25) is 0 Å². The van der Waals surface area contributed by atoms with Crippen LogP contribution in [0.15, 0.2) is 30.3 Å². The maximum Gasteiger partial charge on any atom is 0.129 e. The first-order chi connectivity index (χ1) is 9.19. The van der Waals surface area contributed by atoms with E-state index in [4.69, 9.17) is 0 Å². The molecule has 0 radical (unpaired) electrons. The van der Waals surface area contributed by atoms with Crippen LogP contribution in [0.5, 0.6) is 0 Å². The van der Waals surface area contributed by atoms with E-state index in [-0.39, 0.29) is 0 Å². The molecule has 0 fully saturated rings. The SMILES string of the molecule is CNCCCc1nc(C)cc(-c2ccc(C)cc2)n1. The van der Waals surface area contributed by atoms with Crippen LogP contribution < -0.4 is 5.32 Å². The third-order valence-corrected chi connectivity index (χ3v) is 3.08. The van der Waals surface area contributed by atoms with Crippen molar-refractivity contribution in [2.75, 3.05) is 13.6 Å². The van der Waals surface area contributed by atoms with E-state index in [9.17, 15) is 0 Å². The minimum Gasteiger partial charge on any atom is -0.320 e. The normalized spacial score (nSPS) is 10.7. The first kappa shape index (κ1) is 13.7. The average Bonchev–Trinajstić information content (AvgIpc) is 2.39. The van der Waals surface area contributed by atoms with Crippen LogP contribution in [0.4, 0.5) is 0 Å². The zero-order chi connectivity index (χ0) is 13.7. The molecule has 3 heteroatoms. The monoisotopic (exact) mass is 255 g/mol. The first-order valence-corrected chi connectivity index (χ1v) is 6.75. The second-order valence-electron chi connectivity index (χ2n) is 4.88. The Bertz CT molecular complexity index is 532. The number of hydrogen-bond acceptors (Lipinski definition) is 3. The van der Waals surface area contributed by atoms with Gasteiger partial charge in [0.05, 0.1) is 5.69 Å². The molecule has 0 unspecified atom stereocenters. The molecule has 19 heavy (non-hydrogen) atoms. The number of rotatable bonds is 5. The Morgan fingerprint density at radius 3 is 2.47 bits per heavy atom. The summed E-state index contributed by atoms with van der Waals surface area (Å²) in [6.07, 6.45) is 1.98. The summed E-state index contributed by atoms with van der Waals surface area (Å²) in [5, 5.41) is 3.15. The fourth-order valence-electron chi connectivity index (χ4n) is 2.04. The van der Waals surface area contributed by atoms with Crippen LogP contribution in [0.1, 0.15) is 23.5 Å². The summed E-state index contributed by atoms with van der Waals surface area (Å²) in [5.74, 6) is 0.936. The van der Waals surface area contributed by atoms with Gasteiger partial charge in [-0.2, -0.15) is 0 Å². The Kier molecular flexibility index (Phi) is 4.63. The molecule has 1 aromatic heterocycles. The van der Waals surface area contributed by atoms with Gasteiger partial charge >= 0.3 is 0 Å². The van der Waals surface area contributed by atoms with Crippen LogP contribution in [0.3, 0.4) is 0 Å². The molecule has 0 amide bonds. The molecule has 1 N–H and O–H groups in total. The Hall–Kier alpha value is -1.74. The van der Waals surface area contributed by atoms with Gasteiger partial charge in [0.2, 0.25) is 0 Å². The van der Waals surface area contributed by atoms with Crippen molar-refractivity contribution in [3.05, 3.63) is 47.4 Å². The molecule has 1 aromatic carbocycles. The number of aryl methyl sites for hydroxylation is 3. The van der Waals surface area contributed by atoms with Gasteiger partial charge in [0.1, 0.15) is 5.82 Å². The molecule has 100 valence electrons. The Morgan fingerprint density at radius 2 is 1.79 bits per heavy atom. The van der Waals surface area contributed by atoms with Crippen LogP contribution in [-0.4, -0.2) is 23.6 Å². The molecular formula is C16H21N3. The number of nitrogens with zero attached hydrogens (tertiary/aromatic N) is 2. The maximum absolute atomic E-state index is 4.67. The zero-order valence-corrected chi connectivity index (χ0v) is 11.9. The molecule has 0 atom stereocenters. The van der Waals surface area contributed by atoms with Gasteiger partial charge in [0, 0.05) is 17.7 Å². The topological polar surface area (TPSA) is 37.8 Å². The van der Waals surface area contributed by atoms with Crippen LogP contribution in [0.25, 0.3) is 11.3 Å². The summed E-state index contributed by atoms with van der Waals surface area (Å²) in [5.41, 5.74) is 4.48. The highest BCUT2D eigenvalue weighted by molar-refractivity contribution is 5.59. The molecule has 3 nitrogen and oxygen atoms in total. The van der Waals surface area contributed by atoms with Gasteiger partial charge in [-0.15, -0.1) is 0 Å². The number of hydrogen-bond donors (Lipinski definition) is 1. The van der Waals surface area contributed by atoms with E-state index in [2.05, 4.69) is 46.5 Å². The smallest absolute Gasteiger partial charge is 0.129 e. The number of benzene rings is 1. The van der Waals surface area contributed by atoms with Crippen LogP contribution in [0, 0.1) is 13.8 Å². The Balaban J connectivity index is 2.23. The lowest BCUT2D eigenvalue weighted by molar-refractivity contribution is 0.701. The second kappa shape index (κ2) is 6.43. The third-order valence-electron chi connectivity index (χ3n) is 3.08. The minimum absolute atomic E-state index is 0.918. The van der Waals surface area contributed by atoms with Crippen molar-refractivity contribution in [2.45, 2.75) is 26.7 Å². The minimum atomic E-state index is 0.918. The van der Waals surface area contributed by atoms with Crippen molar-refractivity contribution in [1.29, 1.82) is 0 Å². The lowest BCUT2D eigenvalue weighted by Crippen LogP contribution is -2.10. The Labute approximate surface area is 115 Å². The molecule has 0 saturated heterocycles. The number of aromatic nitrogens is 2. The molecule has 2 rings (SSSR count). The molecule has 0 aliphatic rings. The summed E-state index contributed by atoms with van der Waals surface area (Å²) < 4.78 is 0. The largest absolute Gasteiger partial charge is 0.320 e. The predicted octanol–water partition coefficient (Wildman–Crippen LogP) is 2.91. The van der Waals surface area contributed by atoms with E-state index in [0.717, 1.165) is 42.2 Å². The molecule has 0 aliphatic heterocycles. The quantitative estimate of drug-likeness (QED) is 0.835. The lowest BCUT2D eigenvalue weighted by Gasteiger charge is -2.06. The fraction of sp³-hybridized carbons (Fsp3) is 0.375. The second-order valence-corrected chi connectivity index (χ2v) is 4.88. The van der Waals surface area contributed by atoms with E-state index in [1.54, 1.807) is 0 Å². The van der Waals surface area contributed by atoms with Crippen molar-refractivity contribution in [3.63, 3.8) is 0 Å². The zero-order valence-electron chi connectivity index (χ0n) is 11.9. The number of nitrogens with one attached hydrogen (secondary N) is 1.